The summed E-state index contributed by atoms with van der Waals surface area (Å²) in [4.78, 5) is 13.1. The maximum absolute atomic E-state index is 13.1. The van der Waals surface area contributed by atoms with Gasteiger partial charge in [-0.15, -0.1) is 0 Å². The highest BCUT2D eigenvalue weighted by molar-refractivity contribution is 5.80. The number of hydrogen-bond donors (Lipinski definition) is 7. The Kier molecular flexibility index (Phi) is 48.5. The van der Waals surface area contributed by atoms with Crippen LogP contribution in [-0.2, 0) is 14.3 Å². The van der Waals surface area contributed by atoms with E-state index in [1.807, 2.05) is 6.08 Å². The SMILES string of the molecule is CCCCCCCCC/C=C/CC/C=C/CC/C=C/C(O)C(COC1OC(CO)C(O)C(O)C1O)NC(=O)C(O)CCCCCCCCCCCCCCCC/C=C\CCCCCCCCCCCCCC. The van der Waals surface area contributed by atoms with E-state index in [1.165, 1.54) is 199 Å². The van der Waals surface area contributed by atoms with Gasteiger partial charge in [-0.2, -0.15) is 0 Å². The summed E-state index contributed by atoms with van der Waals surface area (Å²) in [7, 11) is 0. The van der Waals surface area contributed by atoms with Crippen LogP contribution in [0.15, 0.2) is 48.6 Å². The summed E-state index contributed by atoms with van der Waals surface area (Å²) < 4.78 is 11.2. The van der Waals surface area contributed by atoms with Crippen LogP contribution < -0.4 is 5.32 Å². The molecule has 0 spiro atoms. The molecule has 0 saturated carbocycles. The van der Waals surface area contributed by atoms with Gasteiger partial charge in [0.2, 0.25) is 5.91 Å². The number of aliphatic hydroxyl groups is 6. The molecule has 0 bridgehead atoms. The van der Waals surface area contributed by atoms with Crippen LogP contribution in [-0.4, -0.2) is 98.7 Å². The molecule has 0 aliphatic carbocycles. The molecular formula is C62H115NO9. The Bertz CT molecular complexity index is 1290. The lowest BCUT2D eigenvalue weighted by Gasteiger charge is -2.40. The fraction of sp³-hybridized carbons (Fsp3) is 0.855. The van der Waals surface area contributed by atoms with Gasteiger partial charge < -0.3 is 45.4 Å². The first kappa shape index (κ1) is 68.1. The number of nitrogens with one attached hydrogen (secondary N) is 1. The third-order valence-corrected chi connectivity index (χ3v) is 14.5. The zero-order chi connectivity index (χ0) is 52.4. The van der Waals surface area contributed by atoms with Crippen LogP contribution >= 0.6 is 0 Å². The van der Waals surface area contributed by atoms with E-state index < -0.39 is 61.5 Å². The highest BCUT2D eigenvalue weighted by Gasteiger charge is 2.44. The average molecular weight is 1020 g/mol. The van der Waals surface area contributed by atoms with Gasteiger partial charge in [0.25, 0.3) is 0 Å². The summed E-state index contributed by atoms with van der Waals surface area (Å²) in [5.74, 6) is -0.628. The van der Waals surface area contributed by atoms with E-state index in [-0.39, 0.29) is 6.61 Å². The van der Waals surface area contributed by atoms with Gasteiger partial charge in [-0.05, 0) is 70.6 Å². The zero-order valence-corrected chi connectivity index (χ0v) is 46.6. The van der Waals surface area contributed by atoms with Crippen molar-refractivity contribution in [2.75, 3.05) is 13.2 Å². The van der Waals surface area contributed by atoms with Gasteiger partial charge in [0.1, 0.15) is 30.5 Å². The van der Waals surface area contributed by atoms with Gasteiger partial charge in [-0.1, -0.05) is 255 Å². The second kappa shape index (κ2) is 51.2. The fourth-order valence-electron chi connectivity index (χ4n) is 9.54. The monoisotopic (exact) mass is 1020 g/mol. The van der Waals surface area contributed by atoms with Crippen LogP contribution in [0.4, 0.5) is 0 Å². The standard InChI is InChI=1S/C62H115NO9/c1-3-5-7-9-11-13-15-17-19-21-22-23-24-25-26-27-28-29-30-31-32-33-35-37-39-41-43-45-47-49-51-56(66)61(70)63-54(53-71-62-60(69)59(68)58(67)57(52-64)72-62)55(65)50-48-46-44-42-40-38-36-34-20-18-16-14-12-10-8-6-4-2/h20,25-26,34,40,42,48,50,54-60,62,64-69H,3-19,21-24,27-33,35-39,41,43-47,49,51-53H2,1-2H3,(H,63,70)/b26-25-,34-20+,42-40+,50-48+. The summed E-state index contributed by atoms with van der Waals surface area (Å²) in [6.07, 6.45) is 58.0. The van der Waals surface area contributed by atoms with Crippen LogP contribution in [0.3, 0.4) is 0 Å². The number of unbranched alkanes of at least 4 members (excludes halogenated alkanes) is 35. The lowest BCUT2D eigenvalue weighted by Crippen LogP contribution is -2.60. The van der Waals surface area contributed by atoms with Gasteiger partial charge in [-0.3, -0.25) is 4.79 Å². The number of aliphatic hydroxyl groups excluding tert-OH is 6. The summed E-state index contributed by atoms with van der Waals surface area (Å²) in [5.41, 5.74) is 0. The summed E-state index contributed by atoms with van der Waals surface area (Å²) >= 11 is 0. The molecule has 72 heavy (non-hydrogen) atoms. The molecule has 10 heteroatoms. The highest BCUT2D eigenvalue weighted by Crippen LogP contribution is 2.23. The van der Waals surface area contributed by atoms with Gasteiger partial charge in [0, 0.05) is 0 Å². The van der Waals surface area contributed by atoms with Gasteiger partial charge >= 0.3 is 0 Å². The van der Waals surface area contributed by atoms with Crippen molar-refractivity contribution < 1.29 is 44.9 Å². The molecule has 10 nitrogen and oxygen atoms in total. The number of carbonyl (C=O) groups is 1. The molecule has 1 rings (SSSR count). The highest BCUT2D eigenvalue weighted by atomic mass is 16.7. The Morgan fingerprint density at radius 3 is 1.21 bits per heavy atom. The molecule has 1 fully saturated rings. The molecule has 1 aliphatic heterocycles. The number of amides is 1. The Labute approximate surface area is 442 Å². The predicted octanol–water partition coefficient (Wildman–Crippen LogP) is 14.3. The van der Waals surface area contributed by atoms with Crippen molar-refractivity contribution >= 4 is 5.91 Å². The minimum Gasteiger partial charge on any atom is -0.394 e. The van der Waals surface area contributed by atoms with Crippen molar-refractivity contribution in [1.82, 2.24) is 5.32 Å². The molecule has 1 saturated heterocycles. The van der Waals surface area contributed by atoms with E-state index in [0.717, 1.165) is 44.9 Å². The molecule has 1 heterocycles. The lowest BCUT2D eigenvalue weighted by molar-refractivity contribution is -0.302. The Morgan fingerprint density at radius 2 is 0.819 bits per heavy atom. The molecule has 1 aliphatic rings. The van der Waals surface area contributed by atoms with E-state index in [4.69, 9.17) is 9.47 Å². The van der Waals surface area contributed by atoms with E-state index in [0.29, 0.717) is 19.3 Å². The Morgan fingerprint density at radius 1 is 0.472 bits per heavy atom. The first-order valence-corrected chi connectivity index (χ1v) is 30.5. The van der Waals surface area contributed by atoms with Crippen molar-refractivity contribution in [3.05, 3.63) is 48.6 Å². The molecule has 8 atom stereocenters. The number of allylic oxidation sites excluding steroid dienone is 7. The lowest BCUT2D eigenvalue weighted by atomic mass is 9.99. The largest absolute Gasteiger partial charge is 0.394 e. The van der Waals surface area contributed by atoms with E-state index in [9.17, 15) is 35.4 Å². The van der Waals surface area contributed by atoms with Gasteiger partial charge in [0.15, 0.2) is 6.29 Å². The second-order valence-electron chi connectivity index (χ2n) is 21.3. The molecule has 422 valence electrons. The molecule has 8 unspecified atom stereocenters. The maximum Gasteiger partial charge on any atom is 0.249 e. The molecule has 0 radical (unpaired) electrons. The summed E-state index contributed by atoms with van der Waals surface area (Å²) in [5, 5.41) is 65.0. The normalized spacial score (nSPS) is 19.9. The molecule has 7 N–H and O–H groups in total. The van der Waals surface area contributed by atoms with E-state index >= 15 is 0 Å². The van der Waals surface area contributed by atoms with Crippen molar-refractivity contribution in [3.8, 4) is 0 Å². The van der Waals surface area contributed by atoms with E-state index in [1.54, 1.807) is 6.08 Å². The quantitative estimate of drug-likeness (QED) is 0.0232. The Hall–Kier alpha value is -1.89. The van der Waals surface area contributed by atoms with Crippen molar-refractivity contribution in [2.24, 2.45) is 0 Å². The molecule has 0 aromatic rings. The van der Waals surface area contributed by atoms with Gasteiger partial charge in [0.05, 0.1) is 25.4 Å². The number of rotatable bonds is 52. The minimum atomic E-state index is -1.62. The number of hydrogen-bond acceptors (Lipinski definition) is 9. The molecule has 1 amide bonds. The van der Waals surface area contributed by atoms with Crippen LogP contribution in [0.2, 0.25) is 0 Å². The first-order chi connectivity index (χ1) is 35.3. The predicted molar refractivity (Wildman–Crippen MR) is 301 cm³/mol. The molecule has 0 aromatic carbocycles. The Balaban J connectivity index is 2.22. The zero-order valence-electron chi connectivity index (χ0n) is 46.6. The summed E-state index contributed by atoms with van der Waals surface area (Å²) in [6.45, 7) is 3.61. The van der Waals surface area contributed by atoms with Crippen molar-refractivity contribution in [2.45, 2.75) is 326 Å². The number of carbonyl (C=O) groups excluding carboxylic acids is 1. The van der Waals surface area contributed by atoms with Crippen LogP contribution in [0, 0.1) is 0 Å². The van der Waals surface area contributed by atoms with Crippen molar-refractivity contribution in [3.63, 3.8) is 0 Å². The van der Waals surface area contributed by atoms with E-state index in [2.05, 4.69) is 55.6 Å². The summed E-state index contributed by atoms with van der Waals surface area (Å²) in [6, 6.07) is -1.00. The third-order valence-electron chi connectivity index (χ3n) is 14.5. The maximum atomic E-state index is 13.1. The minimum absolute atomic E-state index is 0.301. The number of ether oxygens (including phenoxy) is 2. The average Bonchev–Trinajstić information content (AvgIpc) is 3.38. The fourth-order valence-corrected chi connectivity index (χ4v) is 9.54. The van der Waals surface area contributed by atoms with Crippen LogP contribution in [0.25, 0.3) is 0 Å². The van der Waals surface area contributed by atoms with Crippen LogP contribution in [0.1, 0.15) is 277 Å². The third kappa shape index (κ3) is 39.5. The van der Waals surface area contributed by atoms with Crippen LogP contribution in [0.5, 0.6) is 0 Å². The first-order valence-electron chi connectivity index (χ1n) is 30.5. The molecular weight excluding hydrogens is 903 g/mol. The van der Waals surface area contributed by atoms with Crippen molar-refractivity contribution in [1.29, 1.82) is 0 Å². The topological polar surface area (TPSA) is 169 Å². The molecule has 0 aromatic heterocycles. The smallest absolute Gasteiger partial charge is 0.249 e. The van der Waals surface area contributed by atoms with Gasteiger partial charge in [-0.25, -0.2) is 0 Å². The second-order valence-corrected chi connectivity index (χ2v) is 21.3.